The Morgan fingerprint density at radius 1 is 1.35 bits per heavy atom. The molecule has 0 unspecified atom stereocenters. The minimum absolute atomic E-state index is 0.161. The molecule has 2 nitrogen and oxygen atoms in total. The van der Waals surface area contributed by atoms with Gasteiger partial charge in [-0.3, -0.25) is 0 Å². The number of rotatable bonds is 6. The highest BCUT2D eigenvalue weighted by molar-refractivity contribution is 7.09. The SMILES string of the molecule is CNCc1cc(F)ccc1N(Cc1cccs1)C1CC1. The summed E-state index contributed by atoms with van der Waals surface area (Å²) in [5.74, 6) is -0.161. The molecule has 1 N–H and O–H groups in total. The summed E-state index contributed by atoms with van der Waals surface area (Å²) in [6.45, 7) is 1.62. The van der Waals surface area contributed by atoms with Crippen molar-refractivity contribution in [2.24, 2.45) is 0 Å². The molecular weight excluding hydrogens is 271 g/mol. The molecule has 1 saturated carbocycles. The molecule has 1 aliphatic rings. The van der Waals surface area contributed by atoms with Gasteiger partial charge in [0.2, 0.25) is 0 Å². The molecule has 20 heavy (non-hydrogen) atoms. The number of hydrogen-bond acceptors (Lipinski definition) is 3. The molecule has 0 atom stereocenters. The van der Waals surface area contributed by atoms with Crippen LogP contribution in [0.2, 0.25) is 0 Å². The van der Waals surface area contributed by atoms with Crippen LogP contribution in [0.1, 0.15) is 23.3 Å². The average Bonchev–Trinajstić information content (AvgIpc) is 3.15. The highest BCUT2D eigenvalue weighted by Crippen LogP contribution is 2.35. The van der Waals surface area contributed by atoms with E-state index in [0.717, 1.165) is 17.8 Å². The Bertz CT molecular complexity index is 564. The molecule has 1 fully saturated rings. The van der Waals surface area contributed by atoms with Gasteiger partial charge in [0, 0.05) is 23.2 Å². The van der Waals surface area contributed by atoms with Crippen LogP contribution in [-0.2, 0) is 13.1 Å². The van der Waals surface area contributed by atoms with Crippen molar-refractivity contribution >= 4 is 17.0 Å². The van der Waals surface area contributed by atoms with E-state index < -0.39 is 0 Å². The van der Waals surface area contributed by atoms with Gasteiger partial charge < -0.3 is 10.2 Å². The maximum Gasteiger partial charge on any atom is 0.123 e. The van der Waals surface area contributed by atoms with E-state index >= 15 is 0 Å². The molecule has 0 saturated heterocycles. The van der Waals surface area contributed by atoms with E-state index in [0.29, 0.717) is 12.6 Å². The molecule has 0 bridgehead atoms. The van der Waals surface area contributed by atoms with E-state index in [1.807, 2.05) is 13.1 Å². The minimum Gasteiger partial charge on any atom is -0.363 e. The average molecular weight is 290 g/mol. The van der Waals surface area contributed by atoms with Crippen molar-refractivity contribution in [2.75, 3.05) is 11.9 Å². The fourth-order valence-electron chi connectivity index (χ4n) is 2.53. The highest BCUT2D eigenvalue weighted by Gasteiger charge is 2.30. The Kier molecular flexibility index (Phi) is 4.03. The molecule has 1 aromatic carbocycles. The van der Waals surface area contributed by atoms with Crippen LogP contribution in [0.25, 0.3) is 0 Å². The number of halogens is 1. The summed E-state index contributed by atoms with van der Waals surface area (Å²) in [6, 6.07) is 10.0. The third kappa shape index (κ3) is 3.02. The summed E-state index contributed by atoms with van der Waals surface area (Å²) < 4.78 is 13.5. The van der Waals surface area contributed by atoms with Crippen LogP contribution in [0, 0.1) is 5.82 Å². The van der Waals surface area contributed by atoms with Gasteiger partial charge in [0.1, 0.15) is 5.82 Å². The van der Waals surface area contributed by atoms with Gasteiger partial charge in [-0.05, 0) is 55.1 Å². The Hall–Kier alpha value is -1.39. The third-order valence-electron chi connectivity index (χ3n) is 3.61. The van der Waals surface area contributed by atoms with Gasteiger partial charge in [-0.1, -0.05) is 6.07 Å². The number of hydrogen-bond donors (Lipinski definition) is 1. The Morgan fingerprint density at radius 2 is 2.20 bits per heavy atom. The smallest absolute Gasteiger partial charge is 0.123 e. The zero-order valence-electron chi connectivity index (χ0n) is 11.6. The molecule has 4 heteroatoms. The van der Waals surface area contributed by atoms with Crippen LogP contribution in [0.5, 0.6) is 0 Å². The predicted octanol–water partition coefficient (Wildman–Crippen LogP) is 3.78. The van der Waals surface area contributed by atoms with Crippen LogP contribution in [0.4, 0.5) is 10.1 Å². The van der Waals surface area contributed by atoms with Gasteiger partial charge in [-0.25, -0.2) is 4.39 Å². The number of anilines is 1. The Morgan fingerprint density at radius 3 is 2.85 bits per heavy atom. The molecule has 2 aromatic rings. The molecule has 0 spiro atoms. The van der Waals surface area contributed by atoms with Gasteiger partial charge in [0.15, 0.2) is 0 Å². The lowest BCUT2D eigenvalue weighted by Crippen LogP contribution is -2.26. The van der Waals surface area contributed by atoms with E-state index in [2.05, 4.69) is 27.7 Å². The topological polar surface area (TPSA) is 15.3 Å². The lowest BCUT2D eigenvalue weighted by molar-refractivity contribution is 0.622. The fraction of sp³-hybridized carbons (Fsp3) is 0.375. The highest BCUT2D eigenvalue weighted by atomic mass is 32.1. The molecule has 3 rings (SSSR count). The predicted molar refractivity (Wildman–Crippen MR) is 82.7 cm³/mol. The molecule has 1 aromatic heterocycles. The zero-order chi connectivity index (χ0) is 13.9. The first-order valence-electron chi connectivity index (χ1n) is 7.00. The lowest BCUT2D eigenvalue weighted by atomic mass is 10.1. The maximum absolute atomic E-state index is 13.5. The van der Waals surface area contributed by atoms with Crippen molar-refractivity contribution in [1.29, 1.82) is 0 Å². The van der Waals surface area contributed by atoms with Crippen molar-refractivity contribution in [1.82, 2.24) is 5.32 Å². The quantitative estimate of drug-likeness (QED) is 0.871. The first-order valence-corrected chi connectivity index (χ1v) is 7.88. The van der Waals surface area contributed by atoms with E-state index in [4.69, 9.17) is 0 Å². The standard InChI is InChI=1S/C16H19FN2S/c1-18-10-12-9-13(17)4-7-16(12)19(14-5-6-14)11-15-3-2-8-20-15/h2-4,7-9,14,18H,5-6,10-11H2,1H3. The van der Waals surface area contributed by atoms with Gasteiger partial charge in [-0.2, -0.15) is 0 Å². The monoisotopic (exact) mass is 290 g/mol. The number of benzene rings is 1. The number of nitrogens with zero attached hydrogens (tertiary/aromatic N) is 1. The largest absolute Gasteiger partial charge is 0.363 e. The van der Waals surface area contributed by atoms with Crippen LogP contribution in [-0.4, -0.2) is 13.1 Å². The second-order valence-electron chi connectivity index (χ2n) is 5.24. The van der Waals surface area contributed by atoms with Crippen LogP contribution in [0.3, 0.4) is 0 Å². The molecule has 0 amide bonds. The molecule has 106 valence electrons. The second-order valence-corrected chi connectivity index (χ2v) is 6.27. The molecule has 0 aliphatic heterocycles. The van der Waals surface area contributed by atoms with Crippen LogP contribution in [0.15, 0.2) is 35.7 Å². The second kappa shape index (κ2) is 5.94. The van der Waals surface area contributed by atoms with Crippen molar-refractivity contribution in [3.8, 4) is 0 Å². The van der Waals surface area contributed by atoms with Gasteiger partial charge in [0.05, 0.1) is 6.54 Å². The van der Waals surface area contributed by atoms with Crippen molar-refractivity contribution in [2.45, 2.75) is 32.0 Å². The van der Waals surface area contributed by atoms with Crippen molar-refractivity contribution in [3.63, 3.8) is 0 Å². The van der Waals surface area contributed by atoms with E-state index in [1.54, 1.807) is 23.5 Å². The Balaban J connectivity index is 1.90. The third-order valence-corrected chi connectivity index (χ3v) is 4.47. The molecular formula is C16H19FN2S. The number of nitrogens with one attached hydrogen (secondary N) is 1. The normalized spacial score (nSPS) is 14.5. The van der Waals surface area contributed by atoms with Crippen LogP contribution < -0.4 is 10.2 Å². The van der Waals surface area contributed by atoms with E-state index in [9.17, 15) is 4.39 Å². The zero-order valence-corrected chi connectivity index (χ0v) is 12.4. The number of thiophene rings is 1. The Labute approximate surface area is 123 Å². The summed E-state index contributed by atoms with van der Waals surface area (Å²) in [4.78, 5) is 3.79. The summed E-state index contributed by atoms with van der Waals surface area (Å²) in [5, 5.41) is 5.24. The van der Waals surface area contributed by atoms with Gasteiger partial charge in [-0.15, -0.1) is 11.3 Å². The van der Waals surface area contributed by atoms with Gasteiger partial charge >= 0.3 is 0 Å². The molecule has 1 aliphatic carbocycles. The summed E-state index contributed by atoms with van der Waals surface area (Å²) >= 11 is 1.78. The van der Waals surface area contributed by atoms with E-state index in [-0.39, 0.29) is 5.82 Å². The minimum atomic E-state index is -0.161. The lowest BCUT2D eigenvalue weighted by Gasteiger charge is -2.27. The van der Waals surface area contributed by atoms with Crippen LogP contribution >= 0.6 is 11.3 Å². The van der Waals surface area contributed by atoms with Crippen molar-refractivity contribution in [3.05, 3.63) is 52.0 Å². The van der Waals surface area contributed by atoms with Crippen molar-refractivity contribution < 1.29 is 4.39 Å². The first-order chi connectivity index (χ1) is 9.78. The fourth-order valence-corrected chi connectivity index (χ4v) is 3.24. The maximum atomic E-state index is 13.5. The molecule has 1 heterocycles. The summed E-state index contributed by atoms with van der Waals surface area (Å²) in [6.07, 6.45) is 2.48. The van der Waals surface area contributed by atoms with E-state index in [1.165, 1.54) is 17.7 Å². The molecule has 0 radical (unpaired) electrons. The van der Waals surface area contributed by atoms with Gasteiger partial charge in [0.25, 0.3) is 0 Å². The first kappa shape index (κ1) is 13.6. The summed E-state index contributed by atoms with van der Waals surface area (Å²) in [7, 11) is 1.90. The summed E-state index contributed by atoms with van der Waals surface area (Å²) in [5.41, 5.74) is 2.20.